The summed E-state index contributed by atoms with van der Waals surface area (Å²) in [7, 11) is -3.69. The highest BCUT2D eigenvalue weighted by Crippen LogP contribution is 2.21. The first-order valence-corrected chi connectivity index (χ1v) is 12.8. The minimum absolute atomic E-state index is 0.0466. The van der Waals surface area contributed by atoms with Gasteiger partial charge in [-0.15, -0.1) is 0 Å². The number of amides is 1. The van der Waals surface area contributed by atoms with E-state index < -0.39 is 16.0 Å². The molecule has 1 aromatic heterocycles. The average Bonchev–Trinajstić information content (AvgIpc) is 2.78. The molecule has 1 saturated heterocycles. The summed E-state index contributed by atoms with van der Waals surface area (Å²) in [4.78, 5) is 32.8. The molecular weight excluding hydrogens is 456 g/mol. The molecule has 0 atom stereocenters. The van der Waals surface area contributed by atoms with Crippen LogP contribution in [-0.4, -0.2) is 69.5 Å². The molecule has 3 rings (SSSR count). The van der Waals surface area contributed by atoms with E-state index in [1.165, 1.54) is 6.20 Å². The topological polar surface area (TPSA) is 109 Å². The maximum atomic E-state index is 12.8. The first kappa shape index (κ1) is 25.6. The summed E-state index contributed by atoms with van der Waals surface area (Å²) in [6.07, 6.45) is 1.59. The SMILES string of the molecule is CCOC(=O)c1ccc(N2CCN(C(=O)CCNS(=O)(=O)c3c(C)cc(C)cc3C)CC2)nc1. The number of aromatic nitrogens is 1. The lowest BCUT2D eigenvalue weighted by Gasteiger charge is -2.35. The summed E-state index contributed by atoms with van der Waals surface area (Å²) >= 11 is 0. The van der Waals surface area contributed by atoms with Gasteiger partial charge in [-0.05, 0) is 51.0 Å². The molecule has 34 heavy (non-hydrogen) atoms. The van der Waals surface area contributed by atoms with Gasteiger partial charge in [0.25, 0.3) is 0 Å². The van der Waals surface area contributed by atoms with Crippen LogP contribution >= 0.6 is 0 Å². The Morgan fingerprint density at radius 3 is 2.26 bits per heavy atom. The molecule has 0 spiro atoms. The van der Waals surface area contributed by atoms with Crippen LogP contribution in [0.25, 0.3) is 0 Å². The van der Waals surface area contributed by atoms with Crippen LogP contribution < -0.4 is 9.62 Å². The molecule has 184 valence electrons. The molecule has 0 radical (unpaired) electrons. The van der Waals surface area contributed by atoms with Crippen LogP contribution in [0.15, 0.2) is 35.4 Å². The molecule has 1 fully saturated rings. The van der Waals surface area contributed by atoms with E-state index in [4.69, 9.17) is 4.74 Å². The fourth-order valence-electron chi connectivity index (χ4n) is 4.21. The van der Waals surface area contributed by atoms with Crippen LogP contribution in [0.2, 0.25) is 0 Å². The minimum Gasteiger partial charge on any atom is -0.462 e. The molecular formula is C24H32N4O5S. The van der Waals surface area contributed by atoms with Crippen LogP contribution in [0.5, 0.6) is 0 Å². The van der Waals surface area contributed by atoms with E-state index in [0.29, 0.717) is 49.5 Å². The lowest BCUT2D eigenvalue weighted by Crippen LogP contribution is -2.49. The fourth-order valence-corrected chi connectivity index (χ4v) is 5.69. The number of anilines is 1. The molecule has 10 heteroatoms. The van der Waals surface area contributed by atoms with E-state index in [2.05, 4.69) is 9.71 Å². The van der Waals surface area contributed by atoms with E-state index in [9.17, 15) is 18.0 Å². The van der Waals surface area contributed by atoms with Crippen LogP contribution in [0, 0.1) is 20.8 Å². The molecule has 9 nitrogen and oxygen atoms in total. The number of hydrogen-bond donors (Lipinski definition) is 1. The third-order valence-electron chi connectivity index (χ3n) is 5.72. The van der Waals surface area contributed by atoms with Crippen molar-refractivity contribution >= 4 is 27.7 Å². The Hall–Kier alpha value is -2.98. The molecule has 2 heterocycles. The van der Waals surface area contributed by atoms with Crippen molar-refractivity contribution in [2.45, 2.75) is 39.0 Å². The Bertz CT molecular complexity index is 1120. The summed E-state index contributed by atoms with van der Waals surface area (Å²) in [5.41, 5.74) is 2.79. The Balaban J connectivity index is 1.49. The highest BCUT2D eigenvalue weighted by atomic mass is 32.2. The number of piperazine rings is 1. The number of aryl methyl sites for hydroxylation is 3. The Morgan fingerprint density at radius 1 is 1.06 bits per heavy atom. The van der Waals surface area contributed by atoms with E-state index in [1.807, 2.05) is 24.0 Å². The van der Waals surface area contributed by atoms with Gasteiger partial charge in [-0.1, -0.05) is 17.7 Å². The average molecular weight is 489 g/mol. The monoisotopic (exact) mass is 488 g/mol. The van der Waals surface area contributed by atoms with Crippen molar-refractivity contribution in [2.75, 3.05) is 44.2 Å². The van der Waals surface area contributed by atoms with Crippen molar-refractivity contribution in [3.8, 4) is 0 Å². The van der Waals surface area contributed by atoms with E-state index in [1.54, 1.807) is 37.8 Å². The second-order valence-electron chi connectivity index (χ2n) is 8.37. The van der Waals surface area contributed by atoms with Gasteiger partial charge >= 0.3 is 5.97 Å². The summed E-state index contributed by atoms with van der Waals surface area (Å²) in [6.45, 7) is 9.82. The highest BCUT2D eigenvalue weighted by Gasteiger charge is 2.24. The number of nitrogens with zero attached hydrogens (tertiary/aromatic N) is 3. The van der Waals surface area contributed by atoms with E-state index in [0.717, 1.165) is 11.4 Å². The summed E-state index contributed by atoms with van der Waals surface area (Å²) < 4.78 is 33.1. The first-order valence-electron chi connectivity index (χ1n) is 11.4. The number of benzene rings is 1. The molecule has 0 saturated carbocycles. The number of hydrogen-bond acceptors (Lipinski definition) is 7. The lowest BCUT2D eigenvalue weighted by molar-refractivity contribution is -0.131. The van der Waals surface area contributed by atoms with Crippen molar-refractivity contribution in [3.05, 3.63) is 52.7 Å². The smallest absolute Gasteiger partial charge is 0.339 e. The second kappa shape index (κ2) is 11.0. The predicted octanol–water partition coefficient (Wildman–Crippen LogP) is 2.20. The van der Waals surface area contributed by atoms with Gasteiger partial charge in [-0.25, -0.2) is 22.9 Å². The molecule has 1 amide bonds. The molecule has 2 aromatic rings. The van der Waals surface area contributed by atoms with E-state index in [-0.39, 0.29) is 23.8 Å². The van der Waals surface area contributed by atoms with Gasteiger partial charge in [0.2, 0.25) is 15.9 Å². The van der Waals surface area contributed by atoms with Crippen molar-refractivity contribution in [3.63, 3.8) is 0 Å². The minimum atomic E-state index is -3.69. The van der Waals surface area contributed by atoms with Crippen molar-refractivity contribution in [1.82, 2.24) is 14.6 Å². The molecule has 1 aliphatic rings. The zero-order valence-electron chi connectivity index (χ0n) is 20.1. The van der Waals surface area contributed by atoms with Crippen LogP contribution in [0.1, 0.15) is 40.4 Å². The summed E-state index contributed by atoms with van der Waals surface area (Å²) in [5.74, 6) is 0.238. The number of sulfonamides is 1. The number of pyridine rings is 1. The van der Waals surface area contributed by atoms with Gasteiger partial charge in [0.15, 0.2) is 0 Å². The van der Waals surface area contributed by atoms with E-state index >= 15 is 0 Å². The number of nitrogens with one attached hydrogen (secondary N) is 1. The number of carbonyl (C=O) groups is 2. The Morgan fingerprint density at radius 2 is 1.71 bits per heavy atom. The highest BCUT2D eigenvalue weighted by molar-refractivity contribution is 7.89. The largest absolute Gasteiger partial charge is 0.462 e. The molecule has 1 aliphatic heterocycles. The summed E-state index contributed by atoms with van der Waals surface area (Å²) in [6, 6.07) is 7.13. The molecule has 0 aliphatic carbocycles. The third kappa shape index (κ3) is 6.12. The van der Waals surface area contributed by atoms with Gasteiger partial charge in [0, 0.05) is 45.3 Å². The normalized spacial score (nSPS) is 14.2. The van der Waals surface area contributed by atoms with Crippen LogP contribution in [0.3, 0.4) is 0 Å². The second-order valence-corrected chi connectivity index (χ2v) is 10.1. The maximum Gasteiger partial charge on any atom is 0.339 e. The fraction of sp³-hybridized carbons (Fsp3) is 0.458. The number of ether oxygens (including phenoxy) is 1. The Labute approximate surface area is 201 Å². The quantitative estimate of drug-likeness (QED) is 0.568. The van der Waals surface area contributed by atoms with Gasteiger partial charge in [-0.3, -0.25) is 4.79 Å². The van der Waals surface area contributed by atoms with Crippen molar-refractivity contribution < 1.29 is 22.7 Å². The predicted molar refractivity (Wildman–Crippen MR) is 129 cm³/mol. The van der Waals surface area contributed by atoms with Gasteiger partial charge in [0.1, 0.15) is 5.82 Å². The van der Waals surface area contributed by atoms with Crippen LogP contribution in [-0.2, 0) is 19.6 Å². The number of esters is 1. The zero-order chi connectivity index (χ0) is 24.9. The van der Waals surface area contributed by atoms with Gasteiger partial charge in [-0.2, -0.15) is 0 Å². The first-order chi connectivity index (χ1) is 16.1. The summed E-state index contributed by atoms with van der Waals surface area (Å²) in [5, 5.41) is 0. The van der Waals surface area contributed by atoms with Crippen LogP contribution in [0.4, 0.5) is 5.82 Å². The standard InChI is InChI=1S/C24H32N4O5S/c1-5-33-24(30)20-6-7-21(25-16-20)27-10-12-28(13-11-27)22(29)8-9-26-34(31,32)23-18(3)14-17(2)15-19(23)4/h6-7,14-16,26H,5,8-13H2,1-4H3. The molecule has 1 N–H and O–H groups in total. The number of carbonyl (C=O) groups excluding carboxylic acids is 2. The number of rotatable bonds is 8. The van der Waals surface area contributed by atoms with Gasteiger partial charge < -0.3 is 14.5 Å². The Kier molecular flexibility index (Phi) is 8.27. The third-order valence-corrected chi connectivity index (χ3v) is 7.49. The zero-order valence-corrected chi connectivity index (χ0v) is 20.9. The van der Waals surface area contributed by atoms with Crippen molar-refractivity contribution in [2.24, 2.45) is 0 Å². The molecule has 1 aromatic carbocycles. The van der Waals surface area contributed by atoms with Gasteiger partial charge in [0.05, 0.1) is 17.1 Å². The molecule has 0 unspecified atom stereocenters. The maximum absolute atomic E-state index is 12.8. The molecule has 0 bridgehead atoms. The lowest BCUT2D eigenvalue weighted by atomic mass is 10.1. The van der Waals surface area contributed by atoms with Crippen molar-refractivity contribution in [1.29, 1.82) is 0 Å².